The largest absolute Gasteiger partial charge is 0.489 e. The number of rotatable bonds is 9. The van der Waals surface area contributed by atoms with Crippen LogP contribution < -0.4 is 14.8 Å². The zero-order valence-electron chi connectivity index (χ0n) is 18.7. The van der Waals surface area contributed by atoms with Crippen molar-refractivity contribution < 1.29 is 14.6 Å². The maximum absolute atomic E-state index is 10.2. The van der Waals surface area contributed by atoms with Gasteiger partial charge in [-0.25, -0.2) is 0 Å². The summed E-state index contributed by atoms with van der Waals surface area (Å²) in [7, 11) is 0. The molecule has 0 aromatic heterocycles. The molecule has 4 rings (SSSR count). The molecule has 7 heteroatoms. The average molecular weight is 521 g/mol. The van der Waals surface area contributed by atoms with Crippen LogP contribution in [-0.4, -0.2) is 21.5 Å². The molecule has 0 saturated carbocycles. The van der Waals surface area contributed by atoms with Gasteiger partial charge >= 0.3 is 0 Å². The number of benzene rings is 3. The predicted octanol–water partition coefficient (Wildman–Crippen LogP) is 6.54. The van der Waals surface area contributed by atoms with Crippen LogP contribution in [-0.2, 0) is 19.6 Å². The van der Waals surface area contributed by atoms with E-state index in [0.29, 0.717) is 26.1 Å². The molecule has 0 bridgehead atoms. The summed E-state index contributed by atoms with van der Waals surface area (Å²) < 4.78 is 10.8. The third-order valence-electron chi connectivity index (χ3n) is 5.93. The fourth-order valence-corrected chi connectivity index (χ4v) is 4.48. The number of aliphatic hydroxyl groups is 1. The topological polar surface area (TPSA) is 50.7 Å². The molecule has 1 heterocycles. The van der Waals surface area contributed by atoms with Gasteiger partial charge in [-0.15, -0.1) is 0 Å². The Balaban J connectivity index is 1.58. The number of nitrogens with one attached hydrogen (secondary N) is 1. The summed E-state index contributed by atoms with van der Waals surface area (Å²) in [6.45, 7) is 1.73. The van der Waals surface area contributed by atoms with Gasteiger partial charge in [-0.1, -0.05) is 95.5 Å². The molecule has 0 saturated heterocycles. The van der Waals surface area contributed by atoms with E-state index < -0.39 is 9.90 Å². The smallest absolute Gasteiger partial charge is 0.216 e. The van der Waals surface area contributed by atoms with Crippen molar-refractivity contribution in [3.8, 4) is 11.5 Å². The van der Waals surface area contributed by atoms with Gasteiger partial charge in [0.25, 0.3) is 0 Å². The molecule has 0 radical (unpaired) electrons. The van der Waals surface area contributed by atoms with Crippen LogP contribution in [0.15, 0.2) is 72.8 Å². The van der Waals surface area contributed by atoms with E-state index in [-0.39, 0.29) is 6.04 Å². The molecule has 3 aromatic carbocycles. The number of hydrogen-bond donors (Lipinski definition) is 2. The third kappa shape index (κ3) is 6.80. The van der Waals surface area contributed by atoms with Crippen molar-refractivity contribution in [1.29, 1.82) is 0 Å². The summed E-state index contributed by atoms with van der Waals surface area (Å²) in [4.78, 5) is 0. The van der Waals surface area contributed by atoms with Gasteiger partial charge in [-0.3, -0.25) is 0 Å². The van der Waals surface area contributed by atoms with Crippen LogP contribution in [0.4, 0.5) is 0 Å². The van der Waals surface area contributed by atoms with Crippen molar-refractivity contribution in [2.45, 2.75) is 48.4 Å². The molecule has 2 N–H and O–H groups in total. The molecule has 0 fully saturated rings. The SMILES string of the molecule is O[C@H](CC[C@H]1NCCc2cc(OCc3ccccc3)cc(OCc3ccccc3)c21)C(Cl)(Cl)Cl. The van der Waals surface area contributed by atoms with Gasteiger partial charge in [0, 0.05) is 17.7 Å². The van der Waals surface area contributed by atoms with Gasteiger partial charge in [0.2, 0.25) is 3.79 Å². The van der Waals surface area contributed by atoms with E-state index in [4.69, 9.17) is 44.3 Å². The molecule has 4 nitrogen and oxygen atoms in total. The summed E-state index contributed by atoms with van der Waals surface area (Å²) in [5, 5.41) is 13.8. The highest BCUT2D eigenvalue weighted by atomic mass is 35.6. The highest BCUT2D eigenvalue weighted by Gasteiger charge is 2.32. The van der Waals surface area contributed by atoms with Crippen LogP contribution in [0.25, 0.3) is 0 Å². The average Bonchev–Trinajstić information content (AvgIpc) is 2.85. The van der Waals surface area contributed by atoms with Crippen molar-refractivity contribution in [1.82, 2.24) is 5.32 Å². The van der Waals surface area contributed by atoms with Crippen molar-refractivity contribution in [2.24, 2.45) is 0 Å². The monoisotopic (exact) mass is 519 g/mol. The van der Waals surface area contributed by atoms with Crippen molar-refractivity contribution in [3.05, 3.63) is 95.1 Å². The Labute approximate surface area is 215 Å². The highest BCUT2D eigenvalue weighted by Crippen LogP contribution is 2.40. The highest BCUT2D eigenvalue weighted by molar-refractivity contribution is 6.68. The molecule has 180 valence electrons. The number of hydrogen-bond acceptors (Lipinski definition) is 4. The molecule has 2 atom stereocenters. The quantitative estimate of drug-likeness (QED) is 0.314. The van der Waals surface area contributed by atoms with Crippen LogP contribution in [0.1, 0.15) is 41.1 Å². The molecule has 0 aliphatic carbocycles. The molecular formula is C27H28Cl3NO3. The minimum absolute atomic E-state index is 0.0281. The summed E-state index contributed by atoms with van der Waals surface area (Å²) in [6.07, 6.45) is 0.751. The van der Waals surface area contributed by atoms with Crippen LogP contribution in [0, 0.1) is 0 Å². The van der Waals surface area contributed by atoms with Gasteiger partial charge in [-0.05, 0) is 48.6 Å². The predicted molar refractivity (Wildman–Crippen MR) is 138 cm³/mol. The summed E-state index contributed by atoms with van der Waals surface area (Å²) in [6, 6.07) is 24.1. The van der Waals surface area contributed by atoms with E-state index in [1.807, 2.05) is 66.7 Å². The van der Waals surface area contributed by atoms with Gasteiger partial charge in [-0.2, -0.15) is 0 Å². The number of ether oxygens (including phenoxy) is 2. The van der Waals surface area contributed by atoms with Gasteiger partial charge < -0.3 is 19.9 Å². The number of aliphatic hydroxyl groups excluding tert-OH is 1. The Hall–Kier alpha value is -1.95. The van der Waals surface area contributed by atoms with Crippen LogP contribution in [0.2, 0.25) is 0 Å². The van der Waals surface area contributed by atoms with Crippen LogP contribution in [0.5, 0.6) is 11.5 Å². The zero-order valence-corrected chi connectivity index (χ0v) is 21.0. The lowest BCUT2D eigenvalue weighted by Crippen LogP contribution is -2.33. The molecule has 0 unspecified atom stereocenters. The van der Waals surface area contributed by atoms with E-state index in [1.54, 1.807) is 0 Å². The van der Waals surface area contributed by atoms with Gasteiger partial charge in [0.1, 0.15) is 30.8 Å². The second-order valence-corrected chi connectivity index (χ2v) is 10.8. The maximum Gasteiger partial charge on any atom is 0.216 e. The minimum Gasteiger partial charge on any atom is -0.489 e. The van der Waals surface area contributed by atoms with E-state index in [9.17, 15) is 5.11 Å². The van der Waals surface area contributed by atoms with Crippen molar-refractivity contribution in [2.75, 3.05) is 6.54 Å². The number of fused-ring (bicyclic) bond motifs is 1. The van der Waals surface area contributed by atoms with Crippen LogP contribution in [0.3, 0.4) is 0 Å². The first kappa shape index (κ1) is 25.2. The number of halogens is 3. The lowest BCUT2D eigenvalue weighted by atomic mass is 9.90. The Kier molecular flexibility index (Phi) is 8.62. The van der Waals surface area contributed by atoms with E-state index in [0.717, 1.165) is 41.2 Å². The lowest BCUT2D eigenvalue weighted by molar-refractivity contribution is 0.159. The molecule has 1 aliphatic heterocycles. The van der Waals surface area contributed by atoms with Crippen molar-refractivity contribution >= 4 is 34.8 Å². The Morgan fingerprint density at radius 2 is 1.53 bits per heavy atom. The summed E-state index contributed by atoms with van der Waals surface area (Å²) >= 11 is 17.6. The Bertz CT molecular complexity index is 1060. The number of alkyl halides is 3. The third-order valence-corrected chi connectivity index (χ3v) is 6.68. The zero-order chi connectivity index (χ0) is 24.0. The molecule has 0 amide bonds. The van der Waals surface area contributed by atoms with Crippen LogP contribution >= 0.6 is 34.8 Å². The van der Waals surface area contributed by atoms with E-state index in [1.165, 1.54) is 5.56 Å². The first-order valence-electron chi connectivity index (χ1n) is 11.4. The lowest BCUT2D eigenvalue weighted by Gasteiger charge is -2.31. The van der Waals surface area contributed by atoms with E-state index >= 15 is 0 Å². The van der Waals surface area contributed by atoms with Gasteiger partial charge in [0.15, 0.2) is 0 Å². The molecule has 34 heavy (non-hydrogen) atoms. The fraction of sp³-hybridized carbons (Fsp3) is 0.333. The summed E-state index contributed by atoms with van der Waals surface area (Å²) in [5.41, 5.74) is 4.43. The summed E-state index contributed by atoms with van der Waals surface area (Å²) in [5.74, 6) is 1.54. The second-order valence-electron chi connectivity index (χ2n) is 8.43. The first-order chi connectivity index (χ1) is 16.4. The standard InChI is InChI=1S/C27H28Cl3NO3/c28-27(29,30)25(32)12-11-23-26-21(13-14-31-23)15-22(33-17-19-7-3-1-4-8-19)16-24(26)34-18-20-9-5-2-6-10-20/h1-10,15-16,23,25,31-32H,11-14,17-18H2/t23-,25-/m1/s1. The van der Waals surface area contributed by atoms with E-state index in [2.05, 4.69) is 11.4 Å². The van der Waals surface area contributed by atoms with Gasteiger partial charge in [0.05, 0.1) is 0 Å². The molecular weight excluding hydrogens is 493 g/mol. The molecule has 3 aromatic rings. The normalized spacial score (nSPS) is 16.5. The first-order valence-corrected chi connectivity index (χ1v) is 12.5. The van der Waals surface area contributed by atoms with Crippen molar-refractivity contribution in [3.63, 3.8) is 0 Å². The fourth-order valence-electron chi connectivity index (χ4n) is 4.16. The second kappa shape index (κ2) is 11.7. The molecule has 0 spiro atoms. The minimum atomic E-state index is -1.71. The molecule has 1 aliphatic rings. The Morgan fingerprint density at radius 3 is 2.15 bits per heavy atom. The Morgan fingerprint density at radius 1 is 0.912 bits per heavy atom. The maximum atomic E-state index is 10.2.